The van der Waals surface area contributed by atoms with Crippen molar-refractivity contribution in [3.63, 3.8) is 0 Å². The zero-order valence-electron chi connectivity index (χ0n) is 14.9. The lowest BCUT2D eigenvalue weighted by Crippen LogP contribution is -2.24. The van der Waals surface area contributed by atoms with Gasteiger partial charge >= 0.3 is 0 Å². The molecule has 0 bridgehead atoms. The number of carbonyl (C=O) groups excluding carboxylic acids is 1. The van der Waals surface area contributed by atoms with Crippen molar-refractivity contribution in [2.24, 2.45) is 0 Å². The second kappa shape index (κ2) is 8.20. The van der Waals surface area contributed by atoms with E-state index in [9.17, 15) is 4.79 Å². The minimum Gasteiger partial charge on any atom is -0.344 e. The molecule has 0 spiro atoms. The molecule has 0 aliphatic carbocycles. The van der Waals surface area contributed by atoms with Crippen molar-refractivity contribution < 1.29 is 4.79 Å². The van der Waals surface area contributed by atoms with Crippen LogP contribution in [0.2, 0.25) is 0 Å². The fourth-order valence-corrected chi connectivity index (χ4v) is 2.50. The van der Waals surface area contributed by atoms with Crippen LogP contribution in [0.3, 0.4) is 0 Å². The third kappa shape index (κ3) is 4.42. The van der Waals surface area contributed by atoms with E-state index >= 15 is 0 Å². The van der Waals surface area contributed by atoms with E-state index in [1.54, 1.807) is 24.7 Å². The zero-order chi connectivity index (χ0) is 18.4. The van der Waals surface area contributed by atoms with Crippen LogP contribution in [0.5, 0.6) is 0 Å². The molecular weight excluding hydrogens is 326 g/mol. The number of carbonyl (C=O) groups is 1. The zero-order valence-corrected chi connectivity index (χ0v) is 14.9. The Labute approximate surface area is 153 Å². The quantitative estimate of drug-likeness (QED) is 0.742. The third-order valence-corrected chi connectivity index (χ3v) is 4.10. The number of para-hydroxylation sites is 1. The van der Waals surface area contributed by atoms with E-state index in [0.29, 0.717) is 11.6 Å². The van der Waals surface area contributed by atoms with Gasteiger partial charge in [0, 0.05) is 37.9 Å². The number of hydrogen-bond acceptors (Lipinski definition) is 5. The van der Waals surface area contributed by atoms with Crippen LogP contribution in [0.15, 0.2) is 61.1 Å². The summed E-state index contributed by atoms with van der Waals surface area (Å²) in [6.45, 7) is 2.70. The van der Waals surface area contributed by atoms with E-state index in [2.05, 4.69) is 20.3 Å². The molecule has 3 aromatic rings. The third-order valence-electron chi connectivity index (χ3n) is 4.10. The van der Waals surface area contributed by atoms with Gasteiger partial charge in [0.05, 0.1) is 0 Å². The Morgan fingerprint density at radius 3 is 2.62 bits per heavy atom. The highest BCUT2D eigenvalue weighted by molar-refractivity contribution is 6.03. The lowest BCUT2D eigenvalue weighted by Gasteiger charge is -2.17. The Kier molecular flexibility index (Phi) is 5.53. The smallest absolute Gasteiger partial charge is 0.274 e. The van der Waals surface area contributed by atoms with Crippen LogP contribution < -0.4 is 10.2 Å². The summed E-state index contributed by atoms with van der Waals surface area (Å²) in [5, 5.41) is 2.90. The van der Waals surface area contributed by atoms with Gasteiger partial charge in [-0.25, -0.2) is 9.97 Å². The van der Waals surface area contributed by atoms with Crippen molar-refractivity contribution in [1.82, 2.24) is 15.0 Å². The van der Waals surface area contributed by atoms with Crippen LogP contribution >= 0.6 is 0 Å². The van der Waals surface area contributed by atoms with E-state index in [-0.39, 0.29) is 5.91 Å². The van der Waals surface area contributed by atoms with Crippen LogP contribution in [-0.2, 0) is 6.42 Å². The highest BCUT2D eigenvalue weighted by atomic mass is 16.1. The van der Waals surface area contributed by atoms with Gasteiger partial charge in [0.25, 0.3) is 5.91 Å². The van der Waals surface area contributed by atoms with E-state index in [0.717, 1.165) is 24.2 Å². The molecule has 0 aliphatic heterocycles. The average Bonchev–Trinajstić information content (AvgIpc) is 2.69. The maximum Gasteiger partial charge on any atom is 0.274 e. The van der Waals surface area contributed by atoms with Crippen molar-refractivity contribution >= 4 is 17.5 Å². The van der Waals surface area contributed by atoms with Crippen molar-refractivity contribution in [2.75, 3.05) is 23.8 Å². The molecule has 0 saturated carbocycles. The maximum atomic E-state index is 12.5. The summed E-state index contributed by atoms with van der Waals surface area (Å²) in [4.78, 5) is 27.1. The largest absolute Gasteiger partial charge is 0.344 e. The van der Waals surface area contributed by atoms with Crippen LogP contribution in [0.25, 0.3) is 0 Å². The first kappa shape index (κ1) is 17.5. The number of aromatic nitrogens is 3. The van der Waals surface area contributed by atoms with Crippen molar-refractivity contribution in [1.29, 1.82) is 0 Å². The number of anilines is 2. The summed E-state index contributed by atoms with van der Waals surface area (Å²) >= 11 is 0. The maximum absolute atomic E-state index is 12.5. The fraction of sp³-hybridized carbons (Fsp3) is 0.200. The molecule has 0 fully saturated rings. The standard InChI is InChI=1S/C20H21N5O/c1-15-5-3-4-6-17(15)23-19(26)18-9-13-22-20(24-18)25(2)14-10-16-7-11-21-12-8-16/h3-9,11-13H,10,14H2,1-2H3,(H,23,26). The van der Waals surface area contributed by atoms with Crippen molar-refractivity contribution in [3.05, 3.63) is 77.9 Å². The Morgan fingerprint density at radius 1 is 1.08 bits per heavy atom. The highest BCUT2D eigenvalue weighted by Crippen LogP contribution is 2.15. The predicted molar refractivity (Wildman–Crippen MR) is 102 cm³/mol. The molecule has 132 valence electrons. The van der Waals surface area contributed by atoms with Crippen LogP contribution in [0, 0.1) is 6.92 Å². The van der Waals surface area contributed by atoms with E-state index in [1.807, 2.05) is 55.3 Å². The van der Waals surface area contributed by atoms with Crippen LogP contribution in [0.1, 0.15) is 21.6 Å². The number of likely N-dealkylation sites (N-methyl/N-ethyl adjacent to an activating group) is 1. The summed E-state index contributed by atoms with van der Waals surface area (Å²) in [5.41, 5.74) is 3.32. The minimum atomic E-state index is -0.245. The lowest BCUT2D eigenvalue weighted by atomic mass is 10.2. The molecule has 3 rings (SSSR count). The van der Waals surface area contributed by atoms with Gasteiger partial charge in [0.1, 0.15) is 5.69 Å². The first-order valence-electron chi connectivity index (χ1n) is 8.43. The fourth-order valence-electron chi connectivity index (χ4n) is 2.50. The van der Waals surface area contributed by atoms with E-state index in [1.165, 1.54) is 5.56 Å². The number of nitrogens with one attached hydrogen (secondary N) is 1. The predicted octanol–water partition coefficient (Wildman–Crippen LogP) is 3.11. The Balaban J connectivity index is 1.67. The molecule has 1 amide bonds. The molecule has 26 heavy (non-hydrogen) atoms. The summed E-state index contributed by atoms with van der Waals surface area (Å²) in [7, 11) is 1.92. The summed E-state index contributed by atoms with van der Waals surface area (Å²) in [5.74, 6) is 0.280. The molecule has 1 aromatic carbocycles. The molecule has 1 N–H and O–H groups in total. The van der Waals surface area contributed by atoms with Gasteiger partial charge < -0.3 is 10.2 Å². The first-order valence-corrected chi connectivity index (χ1v) is 8.43. The van der Waals surface area contributed by atoms with Crippen molar-refractivity contribution in [2.45, 2.75) is 13.3 Å². The summed E-state index contributed by atoms with van der Waals surface area (Å²) in [6, 6.07) is 13.2. The average molecular weight is 347 g/mol. The molecule has 6 nitrogen and oxygen atoms in total. The molecule has 2 aromatic heterocycles. The van der Waals surface area contributed by atoms with Crippen LogP contribution in [0.4, 0.5) is 11.6 Å². The number of rotatable bonds is 6. The Morgan fingerprint density at radius 2 is 1.85 bits per heavy atom. The monoisotopic (exact) mass is 347 g/mol. The highest BCUT2D eigenvalue weighted by Gasteiger charge is 2.12. The topological polar surface area (TPSA) is 71.0 Å². The Bertz CT molecular complexity index is 882. The van der Waals surface area contributed by atoms with Gasteiger partial charge in [-0.3, -0.25) is 9.78 Å². The number of nitrogens with zero attached hydrogens (tertiary/aromatic N) is 4. The number of hydrogen-bond donors (Lipinski definition) is 1. The van der Waals surface area contributed by atoms with Crippen molar-refractivity contribution in [3.8, 4) is 0 Å². The second-order valence-corrected chi connectivity index (χ2v) is 6.04. The van der Waals surface area contributed by atoms with Gasteiger partial charge in [0.15, 0.2) is 0 Å². The van der Waals surface area contributed by atoms with Gasteiger partial charge in [-0.05, 0) is 48.7 Å². The second-order valence-electron chi connectivity index (χ2n) is 6.04. The SMILES string of the molecule is Cc1ccccc1NC(=O)c1ccnc(N(C)CCc2ccncc2)n1. The Hall–Kier alpha value is -3.28. The normalized spacial score (nSPS) is 10.4. The molecule has 0 radical (unpaired) electrons. The van der Waals surface area contributed by atoms with Gasteiger partial charge in [-0.15, -0.1) is 0 Å². The minimum absolute atomic E-state index is 0.245. The van der Waals surface area contributed by atoms with Gasteiger partial charge in [-0.2, -0.15) is 0 Å². The van der Waals surface area contributed by atoms with Gasteiger partial charge in [-0.1, -0.05) is 18.2 Å². The molecule has 0 saturated heterocycles. The molecule has 0 unspecified atom stereocenters. The van der Waals surface area contributed by atoms with Gasteiger partial charge in [0.2, 0.25) is 5.95 Å². The number of aryl methyl sites for hydroxylation is 1. The number of benzene rings is 1. The van der Waals surface area contributed by atoms with Crippen LogP contribution in [-0.4, -0.2) is 34.5 Å². The first-order chi connectivity index (χ1) is 12.6. The van der Waals surface area contributed by atoms with E-state index < -0.39 is 0 Å². The molecule has 2 heterocycles. The molecule has 6 heteroatoms. The lowest BCUT2D eigenvalue weighted by molar-refractivity contribution is 0.102. The summed E-state index contributed by atoms with van der Waals surface area (Å²) < 4.78 is 0. The molecular formula is C20H21N5O. The summed E-state index contributed by atoms with van der Waals surface area (Å²) in [6.07, 6.45) is 6.02. The molecule has 0 atom stereocenters. The number of amides is 1. The molecule has 0 aliphatic rings. The number of pyridine rings is 1. The van der Waals surface area contributed by atoms with E-state index in [4.69, 9.17) is 0 Å².